The lowest BCUT2D eigenvalue weighted by atomic mass is 10.2. The molecule has 0 saturated carbocycles. The van der Waals surface area contributed by atoms with Crippen LogP contribution in [0.3, 0.4) is 0 Å². The van der Waals surface area contributed by atoms with Crippen molar-refractivity contribution < 1.29 is 9.62 Å². The Kier molecular flexibility index (Phi) is 8.83. The minimum Gasteiger partial charge on any atom is -0.463 e. The highest BCUT2D eigenvalue weighted by molar-refractivity contribution is 6.40. The zero-order valence-electron chi connectivity index (χ0n) is 14.8. The van der Waals surface area contributed by atoms with Gasteiger partial charge in [-0.05, 0) is 43.3 Å². The first-order valence-electron chi connectivity index (χ1n) is 8.25. The maximum atomic E-state index is 9.35. The number of hydrogen-bond acceptors (Lipinski definition) is 6. The monoisotopic (exact) mass is 409 g/mol. The molecule has 0 aliphatic heterocycles. The third-order valence-electron chi connectivity index (χ3n) is 3.55. The molecule has 0 amide bonds. The first kappa shape index (κ1) is 21.0. The average molecular weight is 410 g/mol. The molecule has 2 rings (SSSR count). The van der Waals surface area contributed by atoms with E-state index in [0.717, 1.165) is 5.69 Å². The van der Waals surface area contributed by atoms with E-state index in [1.807, 2.05) is 29.7 Å². The zero-order valence-corrected chi connectivity index (χ0v) is 16.4. The summed E-state index contributed by atoms with van der Waals surface area (Å²) < 4.78 is 5.13. The number of benzene rings is 1. The van der Waals surface area contributed by atoms with Crippen LogP contribution in [-0.2, 0) is 0 Å². The van der Waals surface area contributed by atoms with Crippen LogP contribution in [-0.4, -0.2) is 47.8 Å². The van der Waals surface area contributed by atoms with Gasteiger partial charge in [-0.1, -0.05) is 0 Å². The van der Waals surface area contributed by atoms with Gasteiger partial charge in [0.1, 0.15) is 11.5 Å². The standard InChI is InChI=1S/C18H21Cl2N5O2/c1-14(23-21-13-17-3-2-12-27-17)18(24-26)22-15-4-6-16(7-5-15)25(10-8-19)11-9-20/h2-7,12-13,26H,8-11H2,1H3,(H,22,24). The molecule has 0 bridgehead atoms. The lowest BCUT2D eigenvalue weighted by Crippen LogP contribution is -2.27. The van der Waals surface area contributed by atoms with E-state index in [-0.39, 0.29) is 5.84 Å². The molecule has 0 aliphatic carbocycles. The molecule has 2 N–H and O–H groups in total. The quantitative estimate of drug-likeness (QED) is 0.283. The number of hydrogen-bond donors (Lipinski definition) is 2. The number of furan rings is 1. The van der Waals surface area contributed by atoms with Crippen molar-refractivity contribution in [2.75, 3.05) is 29.7 Å². The van der Waals surface area contributed by atoms with Crippen molar-refractivity contribution in [3.8, 4) is 0 Å². The zero-order chi connectivity index (χ0) is 19.5. The number of aliphatic imine (C=N–C) groups is 1. The van der Waals surface area contributed by atoms with Gasteiger partial charge in [-0.25, -0.2) is 4.99 Å². The van der Waals surface area contributed by atoms with Crippen LogP contribution in [0.1, 0.15) is 12.7 Å². The van der Waals surface area contributed by atoms with Gasteiger partial charge >= 0.3 is 0 Å². The molecule has 0 saturated heterocycles. The summed E-state index contributed by atoms with van der Waals surface area (Å²) in [6.07, 6.45) is 3.01. The van der Waals surface area contributed by atoms with Crippen molar-refractivity contribution in [1.29, 1.82) is 0 Å². The minimum absolute atomic E-state index is 0.192. The van der Waals surface area contributed by atoms with Gasteiger partial charge in [0.15, 0.2) is 5.84 Å². The summed E-state index contributed by atoms with van der Waals surface area (Å²) in [6.45, 7) is 3.10. The number of hydroxylamine groups is 1. The second-order valence-corrected chi connectivity index (χ2v) is 6.15. The highest BCUT2D eigenvalue weighted by Gasteiger charge is 2.06. The Balaban J connectivity index is 2.11. The second-order valence-electron chi connectivity index (χ2n) is 5.40. The van der Waals surface area contributed by atoms with E-state index in [0.29, 0.717) is 42.0 Å². The predicted octanol–water partition coefficient (Wildman–Crippen LogP) is 4.07. The molecular weight excluding hydrogens is 389 g/mol. The fourth-order valence-corrected chi connectivity index (χ4v) is 2.62. The Morgan fingerprint density at radius 2 is 1.89 bits per heavy atom. The molecule has 0 radical (unpaired) electrons. The Morgan fingerprint density at radius 3 is 2.44 bits per heavy atom. The minimum atomic E-state index is 0.192. The molecule has 0 atom stereocenters. The van der Waals surface area contributed by atoms with Crippen LogP contribution in [0.15, 0.2) is 62.3 Å². The number of alkyl halides is 2. The molecule has 27 heavy (non-hydrogen) atoms. The van der Waals surface area contributed by atoms with Gasteiger partial charge in [-0.2, -0.15) is 10.2 Å². The summed E-state index contributed by atoms with van der Waals surface area (Å²) in [4.78, 5) is 6.43. The van der Waals surface area contributed by atoms with Crippen LogP contribution >= 0.6 is 23.2 Å². The molecule has 144 valence electrons. The van der Waals surface area contributed by atoms with E-state index in [9.17, 15) is 5.21 Å². The van der Waals surface area contributed by atoms with Crippen LogP contribution in [0, 0.1) is 0 Å². The van der Waals surface area contributed by atoms with Gasteiger partial charge in [-0.15, -0.1) is 23.2 Å². The first-order chi connectivity index (χ1) is 13.2. The van der Waals surface area contributed by atoms with Crippen LogP contribution in [0.4, 0.5) is 11.4 Å². The summed E-state index contributed by atoms with van der Waals surface area (Å²) in [5.74, 6) is 1.81. The molecule has 0 fully saturated rings. The van der Waals surface area contributed by atoms with E-state index < -0.39 is 0 Å². The third-order valence-corrected chi connectivity index (χ3v) is 3.89. The number of halogens is 2. The van der Waals surface area contributed by atoms with E-state index in [2.05, 4.69) is 20.1 Å². The van der Waals surface area contributed by atoms with Crippen molar-refractivity contribution in [3.05, 3.63) is 48.4 Å². The van der Waals surface area contributed by atoms with Gasteiger partial charge < -0.3 is 9.32 Å². The molecule has 2 aromatic rings. The molecule has 1 aromatic carbocycles. The maximum Gasteiger partial charge on any atom is 0.173 e. The van der Waals surface area contributed by atoms with Gasteiger partial charge in [0.25, 0.3) is 0 Å². The highest BCUT2D eigenvalue weighted by atomic mass is 35.5. The molecule has 0 unspecified atom stereocenters. The van der Waals surface area contributed by atoms with Gasteiger partial charge in [0, 0.05) is 30.5 Å². The number of rotatable bonds is 9. The summed E-state index contributed by atoms with van der Waals surface area (Å²) >= 11 is 11.7. The van der Waals surface area contributed by atoms with Gasteiger partial charge in [-0.3, -0.25) is 10.7 Å². The first-order valence-corrected chi connectivity index (χ1v) is 9.32. The molecule has 1 aromatic heterocycles. The van der Waals surface area contributed by atoms with Crippen molar-refractivity contribution in [1.82, 2.24) is 5.48 Å². The number of amidine groups is 1. The molecule has 7 nitrogen and oxygen atoms in total. The number of nitrogens with zero attached hydrogens (tertiary/aromatic N) is 4. The van der Waals surface area contributed by atoms with Crippen LogP contribution in [0.25, 0.3) is 0 Å². The van der Waals surface area contributed by atoms with Crippen LogP contribution in [0.2, 0.25) is 0 Å². The summed E-state index contributed by atoms with van der Waals surface area (Å²) in [6, 6.07) is 11.0. The second kappa shape index (κ2) is 11.4. The highest BCUT2D eigenvalue weighted by Crippen LogP contribution is 2.20. The Hall–Kier alpha value is -2.35. The normalized spacial score (nSPS) is 12.6. The topological polar surface area (TPSA) is 85.7 Å². The summed E-state index contributed by atoms with van der Waals surface area (Å²) in [7, 11) is 0. The van der Waals surface area contributed by atoms with Crippen molar-refractivity contribution in [3.63, 3.8) is 0 Å². The number of anilines is 1. The Labute approximate surface area is 168 Å². The lowest BCUT2D eigenvalue weighted by Gasteiger charge is -2.22. The maximum absolute atomic E-state index is 9.35. The smallest absolute Gasteiger partial charge is 0.173 e. The predicted molar refractivity (Wildman–Crippen MR) is 112 cm³/mol. The van der Waals surface area contributed by atoms with Crippen molar-refractivity contribution in [2.45, 2.75) is 6.92 Å². The van der Waals surface area contributed by atoms with E-state index in [4.69, 9.17) is 27.6 Å². The van der Waals surface area contributed by atoms with Crippen molar-refractivity contribution in [2.24, 2.45) is 15.2 Å². The van der Waals surface area contributed by atoms with E-state index in [1.54, 1.807) is 25.3 Å². The van der Waals surface area contributed by atoms with Gasteiger partial charge in [0.2, 0.25) is 0 Å². The Bertz CT molecular complexity index is 768. The molecule has 9 heteroatoms. The number of nitrogens with one attached hydrogen (secondary N) is 1. The SMILES string of the molecule is CC(=NN=Cc1ccco1)C(=Nc1ccc(N(CCCl)CCCl)cc1)NO. The van der Waals surface area contributed by atoms with Crippen LogP contribution < -0.4 is 10.4 Å². The fraction of sp³-hybridized carbons (Fsp3) is 0.278. The summed E-state index contributed by atoms with van der Waals surface area (Å²) in [5, 5.41) is 17.3. The van der Waals surface area contributed by atoms with Crippen molar-refractivity contribution >= 4 is 52.3 Å². The van der Waals surface area contributed by atoms with Gasteiger partial charge in [0.05, 0.1) is 18.2 Å². The summed E-state index contributed by atoms with van der Waals surface area (Å²) in [5.41, 5.74) is 4.11. The lowest BCUT2D eigenvalue weighted by molar-refractivity contribution is 0.236. The van der Waals surface area contributed by atoms with Crippen LogP contribution in [0.5, 0.6) is 0 Å². The molecule has 1 heterocycles. The van der Waals surface area contributed by atoms with E-state index in [1.165, 1.54) is 6.21 Å². The molecule has 0 spiro atoms. The fourth-order valence-electron chi connectivity index (χ4n) is 2.21. The molecular formula is C18H21Cl2N5O2. The average Bonchev–Trinajstić information content (AvgIpc) is 3.20. The Morgan fingerprint density at radius 1 is 1.19 bits per heavy atom. The molecule has 0 aliphatic rings. The third kappa shape index (κ3) is 6.71. The van der Waals surface area contributed by atoms with E-state index >= 15 is 0 Å². The largest absolute Gasteiger partial charge is 0.463 e.